The first-order valence-corrected chi connectivity index (χ1v) is 11.0. The average Bonchev–Trinajstić information content (AvgIpc) is 3.57. The molecule has 2 amide bonds. The fourth-order valence-corrected chi connectivity index (χ4v) is 4.78. The minimum Gasteiger partial charge on any atom is -0.454 e. The van der Waals surface area contributed by atoms with Crippen LogP contribution in [0.15, 0.2) is 47.8 Å². The van der Waals surface area contributed by atoms with Crippen LogP contribution in [0.4, 0.5) is 16.0 Å². The van der Waals surface area contributed by atoms with Gasteiger partial charge in [0, 0.05) is 35.7 Å². The van der Waals surface area contributed by atoms with Crippen molar-refractivity contribution in [2.75, 3.05) is 23.6 Å². The van der Waals surface area contributed by atoms with Crippen LogP contribution in [-0.4, -0.2) is 39.8 Å². The van der Waals surface area contributed by atoms with Crippen LogP contribution in [0, 0.1) is 11.7 Å². The van der Waals surface area contributed by atoms with Gasteiger partial charge in [0.2, 0.25) is 29.5 Å². The van der Waals surface area contributed by atoms with E-state index in [0.717, 1.165) is 11.3 Å². The van der Waals surface area contributed by atoms with E-state index < -0.39 is 5.92 Å². The van der Waals surface area contributed by atoms with E-state index in [9.17, 15) is 14.0 Å². The third kappa shape index (κ3) is 3.46. The molecule has 2 aliphatic rings. The Kier molecular flexibility index (Phi) is 4.50. The van der Waals surface area contributed by atoms with Crippen molar-refractivity contribution in [1.82, 2.24) is 14.6 Å². The van der Waals surface area contributed by atoms with Crippen LogP contribution >= 0.6 is 11.3 Å². The van der Waals surface area contributed by atoms with Gasteiger partial charge in [-0.05, 0) is 36.4 Å². The molecule has 1 atom stereocenters. The van der Waals surface area contributed by atoms with E-state index in [1.54, 1.807) is 39.7 Å². The average molecular weight is 465 g/mol. The number of anilines is 2. The summed E-state index contributed by atoms with van der Waals surface area (Å²) in [5.41, 5.74) is 2.18. The summed E-state index contributed by atoms with van der Waals surface area (Å²) in [5.74, 6) is 0.0282. The maximum absolute atomic E-state index is 13.2. The SMILES string of the molecule is O=C(Nc1nc2scc(-c3ccc(F)cc3)n2n1)C1CC(=O)N(c2ccc3c(c2)OCO3)C1. The molecule has 33 heavy (non-hydrogen) atoms. The van der Waals surface area contributed by atoms with Crippen molar-refractivity contribution in [2.24, 2.45) is 5.92 Å². The first-order valence-electron chi connectivity index (χ1n) is 10.2. The minimum atomic E-state index is -0.541. The van der Waals surface area contributed by atoms with Crippen LogP contribution in [-0.2, 0) is 9.59 Å². The first-order chi connectivity index (χ1) is 16.0. The van der Waals surface area contributed by atoms with Gasteiger partial charge in [-0.1, -0.05) is 0 Å². The Bertz CT molecular complexity index is 1400. The summed E-state index contributed by atoms with van der Waals surface area (Å²) in [4.78, 5) is 32.0. The molecule has 1 fully saturated rings. The molecule has 0 saturated carbocycles. The summed E-state index contributed by atoms with van der Waals surface area (Å²) >= 11 is 1.36. The summed E-state index contributed by atoms with van der Waals surface area (Å²) in [6.45, 7) is 0.392. The zero-order valence-electron chi connectivity index (χ0n) is 17.0. The van der Waals surface area contributed by atoms with E-state index in [1.165, 1.54) is 23.5 Å². The first kappa shape index (κ1) is 19.7. The Morgan fingerprint density at radius 1 is 1.15 bits per heavy atom. The smallest absolute Gasteiger partial charge is 0.250 e. The number of thiazole rings is 1. The summed E-state index contributed by atoms with van der Waals surface area (Å²) in [6.07, 6.45) is 0.0866. The van der Waals surface area contributed by atoms with Crippen molar-refractivity contribution in [3.8, 4) is 22.8 Å². The molecule has 2 aromatic carbocycles. The second-order valence-corrected chi connectivity index (χ2v) is 8.53. The van der Waals surface area contributed by atoms with Crippen molar-refractivity contribution in [1.29, 1.82) is 0 Å². The topological polar surface area (TPSA) is 98.1 Å². The van der Waals surface area contributed by atoms with Gasteiger partial charge >= 0.3 is 0 Å². The number of carbonyl (C=O) groups excluding carboxylic acids is 2. The molecular formula is C22H16FN5O4S. The number of nitrogens with one attached hydrogen (secondary N) is 1. The predicted octanol–water partition coefficient (Wildman–Crippen LogP) is 3.32. The van der Waals surface area contributed by atoms with Crippen molar-refractivity contribution in [3.05, 3.63) is 53.7 Å². The number of ether oxygens (including phenoxy) is 2. The molecule has 6 rings (SSSR count). The molecule has 0 aliphatic carbocycles. The second kappa shape index (κ2) is 7.55. The number of benzene rings is 2. The van der Waals surface area contributed by atoms with Crippen molar-refractivity contribution < 1.29 is 23.5 Å². The highest BCUT2D eigenvalue weighted by atomic mass is 32.1. The Morgan fingerprint density at radius 3 is 2.82 bits per heavy atom. The molecule has 4 heterocycles. The van der Waals surface area contributed by atoms with Gasteiger partial charge in [0.15, 0.2) is 11.5 Å². The number of carbonyl (C=O) groups is 2. The number of fused-ring (bicyclic) bond motifs is 2. The van der Waals surface area contributed by atoms with Crippen LogP contribution in [0.5, 0.6) is 11.5 Å². The molecule has 0 radical (unpaired) electrons. The quantitative estimate of drug-likeness (QED) is 0.497. The normalized spacial score (nSPS) is 17.2. The highest BCUT2D eigenvalue weighted by Gasteiger charge is 2.36. The molecule has 0 spiro atoms. The van der Waals surface area contributed by atoms with E-state index in [-0.39, 0.29) is 43.3 Å². The summed E-state index contributed by atoms with van der Waals surface area (Å²) in [5, 5.41) is 8.97. The summed E-state index contributed by atoms with van der Waals surface area (Å²) < 4.78 is 25.5. The summed E-state index contributed by atoms with van der Waals surface area (Å²) in [7, 11) is 0. The maximum atomic E-state index is 13.2. The highest BCUT2D eigenvalue weighted by molar-refractivity contribution is 7.15. The van der Waals surface area contributed by atoms with E-state index >= 15 is 0 Å². The lowest BCUT2D eigenvalue weighted by atomic mass is 10.1. The van der Waals surface area contributed by atoms with Gasteiger partial charge in [-0.3, -0.25) is 14.9 Å². The summed E-state index contributed by atoms with van der Waals surface area (Å²) in [6, 6.07) is 11.3. The molecule has 0 bridgehead atoms. The van der Waals surface area contributed by atoms with Gasteiger partial charge in [0.1, 0.15) is 5.82 Å². The maximum Gasteiger partial charge on any atom is 0.250 e. The number of hydrogen-bond donors (Lipinski definition) is 1. The fourth-order valence-electron chi connectivity index (χ4n) is 3.95. The van der Waals surface area contributed by atoms with Gasteiger partial charge in [-0.25, -0.2) is 8.91 Å². The number of amides is 2. The van der Waals surface area contributed by atoms with E-state index in [0.29, 0.717) is 22.1 Å². The zero-order chi connectivity index (χ0) is 22.5. The molecule has 11 heteroatoms. The number of nitrogens with zero attached hydrogens (tertiary/aromatic N) is 4. The third-order valence-corrected chi connectivity index (χ3v) is 6.44. The van der Waals surface area contributed by atoms with Crippen LogP contribution in [0.2, 0.25) is 0 Å². The molecule has 4 aromatic rings. The van der Waals surface area contributed by atoms with E-state index in [1.807, 2.05) is 5.38 Å². The number of halogens is 1. The molecule has 1 saturated heterocycles. The van der Waals surface area contributed by atoms with Crippen molar-refractivity contribution in [2.45, 2.75) is 6.42 Å². The molecule has 1 N–H and O–H groups in total. The second-order valence-electron chi connectivity index (χ2n) is 7.69. The molecule has 2 aliphatic heterocycles. The number of rotatable bonds is 4. The number of aromatic nitrogens is 3. The van der Waals surface area contributed by atoms with Crippen LogP contribution in [0.3, 0.4) is 0 Å². The zero-order valence-corrected chi connectivity index (χ0v) is 17.8. The molecule has 166 valence electrons. The molecule has 2 aromatic heterocycles. The lowest BCUT2D eigenvalue weighted by molar-refractivity contribution is -0.122. The highest BCUT2D eigenvalue weighted by Crippen LogP contribution is 2.37. The van der Waals surface area contributed by atoms with E-state index in [2.05, 4.69) is 15.4 Å². The van der Waals surface area contributed by atoms with Crippen LogP contribution in [0.1, 0.15) is 6.42 Å². The number of hydrogen-bond acceptors (Lipinski definition) is 7. The third-order valence-electron chi connectivity index (χ3n) is 5.62. The van der Waals surface area contributed by atoms with Crippen molar-refractivity contribution in [3.63, 3.8) is 0 Å². The molecule has 1 unspecified atom stereocenters. The predicted molar refractivity (Wildman–Crippen MR) is 118 cm³/mol. The van der Waals surface area contributed by atoms with Gasteiger partial charge in [0.05, 0.1) is 11.6 Å². The van der Waals surface area contributed by atoms with Crippen molar-refractivity contribution >= 4 is 39.7 Å². The largest absolute Gasteiger partial charge is 0.454 e. The Labute approximate surface area is 190 Å². The monoisotopic (exact) mass is 465 g/mol. The van der Waals surface area contributed by atoms with E-state index in [4.69, 9.17) is 9.47 Å². The minimum absolute atomic E-state index is 0.0866. The van der Waals surface area contributed by atoms with Crippen LogP contribution < -0.4 is 19.7 Å². The fraction of sp³-hybridized carbons (Fsp3) is 0.182. The van der Waals surface area contributed by atoms with Gasteiger partial charge in [-0.2, -0.15) is 4.98 Å². The molecular weight excluding hydrogens is 449 g/mol. The lowest BCUT2D eigenvalue weighted by Gasteiger charge is -2.16. The van der Waals surface area contributed by atoms with Gasteiger partial charge in [0.25, 0.3) is 0 Å². The Morgan fingerprint density at radius 2 is 1.97 bits per heavy atom. The standard InChI is InChI=1S/C22H16FN5O4S/c23-14-3-1-12(2-4-14)16-10-33-22-25-21(26-28(16)22)24-20(30)13-7-19(29)27(9-13)15-5-6-17-18(8-15)32-11-31-17/h1-6,8,10,13H,7,9,11H2,(H,24,26,30). The Balaban J connectivity index is 1.18. The lowest BCUT2D eigenvalue weighted by Crippen LogP contribution is -2.28. The van der Waals surface area contributed by atoms with Crippen LogP contribution in [0.25, 0.3) is 16.2 Å². The van der Waals surface area contributed by atoms with Gasteiger partial charge in [-0.15, -0.1) is 16.4 Å². The van der Waals surface area contributed by atoms with Gasteiger partial charge < -0.3 is 14.4 Å². The molecule has 9 nitrogen and oxygen atoms in total. The Hall–Kier alpha value is -3.99.